The smallest absolute Gasteiger partial charge is 0.319 e. The number of aromatic nitrogens is 1. The molecule has 0 aliphatic heterocycles. The molecule has 0 spiro atoms. The van der Waals surface area contributed by atoms with Crippen molar-refractivity contribution in [2.45, 2.75) is 19.8 Å². The van der Waals surface area contributed by atoms with Crippen molar-refractivity contribution in [1.82, 2.24) is 10.3 Å². The second kappa shape index (κ2) is 7.28. The van der Waals surface area contributed by atoms with Crippen LogP contribution < -0.4 is 10.6 Å². The number of aryl methyl sites for hydroxylation is 2. The van der Waals surface area contributed by atoms with Crippen molar-refractivity contribution in [3.05, 3.63) is 53.9 Å². The summed E-state index contributed by atoms with van der Waals surface area (Å²) in [6.07, 6.45) is 3.36. The lowest BCUT2D eigenvalue weighted by Gasteiger charge is -2.09. The van der Waals surface area contributed by atoms with E-state index in [1.54, 1.807) is 18.3 Å². The number of rotatable bonds is 5. The highest BCUT2D eigenvalue weighted by Gasteiger charge is 2.06. The summed E-state index contributed by atoms with van der Waals surface area (Å²) >= 11 is 0. The molecule has 1 heterocycles. The number of benzene rings is 1. The van der Waals surface area contributed by atoms with Crippen LogP contribution in [0.3, 0.4) is 0 Å². The molecule has 0 bridgehead atoms. The summed E-state index contributed by atoms with van der Waals surface area (Å²) in [5.41, 5.74) is 2.42. The van der Waals surface area contributed by atoms with Gasteiger partial charge in [-0.1, -0.05) is 12.1 Å². The Morgan fingerprint density at radius 2 is 2.10 bits per heavy atom. The van der Waals surface area contributed by atoms with Crippen LogP contribution in [0.15, 0.2) is 42.6 Å². The maximum Gasteiger partial charge on any atom is 0.319 e. The number of carbonyl (C=O) groups is 1. The maximum atomic E-state index is 11.4. The van der Waals surface area contributed by atoms with E-state index in [1.807, 2.05) is 31.2 Å². The average molecular weight is 285 g/mol. The van der Waals surface area contributed by atoms with E-state index in [2.05, 4.69) is 15.6 Å². The SMILES string of the molecule is CCNC(=O)Nc1ccc(CCc2ccccn2)cc1O. The zero-order valence-corrected chi connectivity index (χ0v) is 12.0. The second-order valence-corrected chi connectivity index (χ2v) is 4.66. The number of amides is 2. The largest absolute Gasteiger partial charge is 0.506 e. The molecule has 0 unspecified atom stereocenters. The molecule has 5 nitrogen and oxygen atoms in total. The highest BCUT2D eigenvalue weighted by Crippen LogP contribution is 2.24. The summed E-state index contributed by atoms with van der Waals surface area (Å²) in [6, 6.07) is 10.8. The molecule has 1 aromatic carbocycles. The van der Waals surface area contributed by atoms with Crippen molar-refractivity contribution >= 4 is 11.7 Å². The molecule has 0 radical (unpaired) electrons. The first kappa shape index (κ1) is 14.8. The Bertz CT molecular complexity index is 600. The lowest BCUT2D eigenvalue weighted by atomic mass is 10.1. The van der Waals surface area contributed by atoms with Gasteiger partial charge in [0.15, 0.2) is 0 Å². The summed E-state index contributed by atoms with van der Waals surface area (Å²) in [6.45, 7) is 2.37. The fourth-order valence-electron chi connectivity index (χ4n) is 1.98. The number of urea groups is 1. The first-order chi connectivity index (χ1) is 10.2. The lowest BCUT2D eigenvalue weighted by molar-refractivity contribution is 0.252. The zero-order chi connectivity index (χ0) is 15.1. The quantitative estimate of drug-likeness (QED) is 0.739. The monoisotopic (exact) mass is 285 g/mol. The fraction of sp³-hybridized carbons (Fsp3) is 0.250. The molecule has 0 atom stereocenters. The molecule has 2 aromatic rings. The Balaban J connectivity index is 1.97. The summed E-state index contributed by atoms with van der Waals surface area (Å²) < 4.78 is 0. The number of phenols is 1. The number of anilines is 1. The summed E-state index contributed by atoms with van der Waals surface area (Å²) in [4.78, 5) is 15.7. The number of aromatic hydroxyl groups is 1. The Morgan fingerprint density at radius 1 is 1.24 bits per heavy atom. The van der Waals surface area contributed by atoms with Crippen LogP contribution in [-0.4, -0.2) is 22.7 Å². The third-order valence-electron chi connectivity index (χ3n) is 3.04. The van der Waals surface area contributed by atoms with Gasteiger partial charge in [-0.25, -0.2) is 4.79 Å². The first-order valence-electron chi connectivity index (χ1n) is 6.95. The molecule has 0 aliphatic rings. The molecule has 2 amide bonds. The Labute approximate surface area is 124 Å². The van der Waals surface area contributed by atoms with Crippen LogP contribution in [0, 0.1) is 0 Å². The van der Waals surface area contributed by atoms with Crippen LogP contribution >= 0.6 is 0 Å². The molecular weight excluding hydrogens is 266 g/mol. The molecule has 5 heteroatoms. The fourth-order valence-corrected chi connectivity index (χ4v) is 1.98. The van der Waals surface area contributed by atoms with Gasteiger partial charge in [-0.2, -0.15) is 0 Å². The van der Waals surface area contributed by atoms with Gasteiger partial charge in [-0.05, 0) is 49.6 Å². The Hall–Kier alpha value is -2.56. The van der Waals surface area contributed by atoms with Gasteiger partial charge in [-0.15, -0.1) is 0 Å². The Kier molecular flexibility index (Phi) is 5.15. The first-order valence-corrected chi connectivity index (χ1v) is 6.95. The molecule has 1 aromatic heterocycles. The highest BCUT2D eigenvalue weighted by molar-refractivity contribution is 5.90. The van der Waals surface area contributed by atoms with Gasteiger partial charge in [0.25, 0.3) is 0 Å². The molecule has 0 fully saturated rings. The normalized spacial score (nSPS) is 10.1. The van der Waals surface area contributed by atoms with Gasteiger partial charge < -0.3 is 15.7 Å². The Morgan fingerprint density at radius 3 is 2.76 bits per heavy atom. The number of nitrogens with zero attached hydrogens (tertiary/aromatic N) is 1. The molecule has 110 valence electrons. The van der Waals surface area contributed by atoms with E-state index >= 15 is 0 Å². The van der Waals surface area contributed by atoms with Crippen LogP contribution in [-0.2, 0) is 12.8 Å². The maximum absolute atomic E-state index is 11.4. The lowest BCUT2D eigenvalue weighted by Crippen LogP contribution is -2.28. The van der Waals surface area contributed by atoms with Crippen LogP contribution in [0.4, 0.5) is 10.5 Å². The van der Waals surface area contributed by atoms with Crippen molar-refractivity contribution in [2.24, 2.45) is 0 Å². The van der Waals surface area contributed by atoms with E-state index in [0.29, 0.717) is 12.2 Å². The van der Waals surface area contributed by atoms with Crippen molar-refractivity contribution < 1.29 is 9.90 Å². The van der Waals surface area contributed by atoms with Gasteiger partial charge in [0.2, 0.25) is 0 Å². The predicted molar refractivity (Wildman–Crippen MR) is 82.4 cm³/mol. The predicted octanol–water partition coefficient (Wildman–Crippen LogP) is 2.71. The van der Waals surface area contributed by atoms with Gasteiger partial charge in [0, 0.05) is 18.4 Å². The van der Waals surface area contributed by atoms with Gasteiger partial charge in [-0.3, -0.25) is 4.98 Å². The van der Waals surface area contributed by atoms with Crippen LogP contribution in [0.25, 0.3) is 0 Å². The third kappa shape index (κ3) is 4.49. The molecule has 21 heavy (non-hydrogen) atoms. The number of pyridine rings is 1. The second-order valence-electron chi connectivity index (χ2n) is 4.66. The topological polar surface area (TPSA) is 74.2 Å². The number of nitrogens with one attached hydrogen (secondary N) is 2. The summed E-state index contributed by atoms with van der Waals surface area (Å²) in [5.74, 6) is 0.0692. The molecule has 2 rings (SSSR count). The minimum atomic E-state index is -0.325. The van der Waals surface area contributed by atoms with Crippen LogP contribution in [0.1, 0.15) is 18.2 Å². The number of hydrogen-bond acceptors (Lipinski definition) is 3. The van der Waals surface area contributed by atoms with E-state index in [0.717, 1.165) is 24.1 Å². The number of carbonyl (C=O) groups excluding carboxylic acids is 1. The highest BCUT2D eigenvalue weighted by atomic mass is 16.3. The zero-order valence-electron chi connectivity index (χ0n) is 12.0. The summed E-state index contributed by atoms with van der Waals surface area (Å²) in [7, 11) is 0. The van der Waals surface area contributed by atoms with E-state index in [-0.39, 0.29) is 11.8 Å². The number of phenolic OH excluding ortho intramolecular Hbond substituents is 1. The van der Waals surface area contributed by atoms with E-state index in [1.165, 1.54) is 0 Å². The van der Waals surface area contributed by atoms with Crippen LogP contribution in [0.5, 0.6) is 5.75 Å². The van der Waals surface area contributed by atoms with Crippen molar-refractivity contribution in [3.8, 4) is 5.75 Å². The minimum absolute atomic E-state index is 0.0692. The standard InChI is InChI=1S/C16H19N3O2/c1-2-17-16(21)19-14-9-7-12(11-15(14)20)6-8-13-5-3-4-10-18-13/h3-5,7,9-11,20H,2,6,8H2,1H3,(H2,17,19,21). The summed E-state index contributed by atoms with van der Waals surface area (Å²) in [5, 5.41) is 15.2. The van der Waals surface area contributed by atoms with Crippen LogP contribution in [0.2, 0.25) is 0 Å². The molecule has 3 N–H and O–H groups in total. The molecule has 0 saturated heterocycles. The van der Waals surface area contributed by atoms with Gasteiger partial charge in [0.05, 0.1) is 5.69 Å². The number of hydrogen-bond donors (Lipinski definition) is 3. The van der Waals surface area contributed by atoms with E-state index in [9.17, 15) is 9.90 Å². The van der Waals surface area contributed by atoms with Crippen molar-refractivity contribution in [3.63, 3.8) is 0 Å². The molecular formula is C16H19N3O2. The van der Waals surface area contributed by atoms with Gasteiger partial charge >= 0.3 is 6.03 Å². The van der Waals surface area contributed by atoms with Crippen molar-refractivity contribution in [2.75, 3.05) is 11.9 Å². The average Bonchev–Trinajstić information content (AvgIpc) is 2.49. The van der Waals surface area contributed by atoms with E-state index < -0.39 is 0 Å². The molecule has 0 aliphatic carbocycles. The minimum Gasteiger partial charge on any atom is -0.506 e. The van der Waals surface area contributed by atoms with E-state index in [4.69, 9.17) is 0 Å². The van der Waals surface area contributed by atoms with Gasteiger partial charge in [0.1, 0.15) is 5.75 Å². The molecule has 0 saturated carbocycles. The third-order valence-corrected chi connectivity index (χ3v) is 3.04. The van der Waals surface area contributed by atoms with Crippen molar-refractivity contribution in [1.29, 1.82) is 0 Å².